The van der Waals surface area contributed by atoms with Crippen LogP contribution in [0.1, 0.15) is 17.7 Å². The van der Waals surface area contributed by atoms with Gasteiger partial charge >= 0.3 is 0 Å². The summed E-state index contributed by atoms with van der Waals surface area (Å²) in [5.74, 6) is 0.142. The number of aryl methyl sites for hydroxylation is 1. The fourth-order valence-corrected chi connectivity index (χ4v) is 2.44. The molecule has 0 unspecified atom stereocenters. The molecule has 2 rings (SSSR count). The molecule has 2 aromatic rings. The molecule has 1 heterocycles. The number of anilines is 1. The van der Waals surface area contributed by atoms with Gasteiger partial charge in [0.15, 0.2) is 0 Å². The van der Waals surface area contributed by atoms with Crippen LogP contribution in [0, 0.1) is 0 Å². The van der Waals surface area contributed by atoms with Crippen LogP contribution in [0.25, 0.3) is 0 Å². The summed E-state index contributed by atoms with van der Waals surface area (Å²) in [6.07, 6.45) is 2.27. The molecule has 1 aromatic heterocycles. The molecule has 0 saturated heterocycles. The van der Waals surface area contributed by atoms with Crippen LogP contribution in [0.2, 0.25) is 0 Å². The molecule has 2 N–H and O–H groups in total. The standard InChI is InChI=1S/C14H15NO2S/c16-12-5-1-4-11(10-12)15-14(17)8-2-6-13-7-3-9-18-13/h1,3-5,7,9-10,16H,2,6,8H2,(H,15,17). The van der Waals surface area contributed by atoms with Gasteiger partial charge < -0.3 is 10.4 Å². The molecule has 0 aliphatic carbocycles. The first-order valence-corrected chi connectivity index (χ1v) is 6.73. The van der Waals surface area contributed by atoms with E-state index in [1.54, 1.807) is 29.5 Å². The Morgan fingerprint density at radius 2 is 2.17 bits per heavy atom. The van der Waals surface area contributed by atoms with Crippen LogP contribution in [-0.4, -0.2) is 11.0 Å². The quantitative estimate of drug-likeness (QED) is 0.866. The largest absolute Gasteiger partial charge is 0.508 e. The number of benzene rings is 1. The summed E-state index contributed by atoms with van der Waals surface area (Å²) in [4.78, 5) is 13.0. The van der Waals surface area contributed by atoms with E-state index in [4.69, 9.17) is 0 Å². The summed E-state index contributed by atoms with van der Waals surface area (Å²) in [7, 11) is 0. The third-order valence-corrected chi connectivity index (χ3v) is 3.47. The van der Waals surface area contributed by atoms with Gasteiger partial charge in [-0.1, -0.05) is 12.1 Å². The van der Waals surface area contributed by atoms with Crippen LogP contribution in [0.15, 0.2) is 41.8 Å². The lowest BCUT2D eigenvalue weighted by Crippen LogP contribution is -2.11. The van der Waals surface area contributed by atoms with Crippen LogP contribution < -0.4 is 5.32 Å². The zero-order chi connectivity index (χ0) is 12.8. The minimum Gasteiger partial charge on any atom is -0.508 e. The third kappa shape index (κ3) is 3.89. The van der Waals surface area contributed by atoms with Gasteiger partial charge in [0.1, 0.15) is 5.75 Å². The maximum absolute atomic E-state index is 11.7. The molecule has 0 bridgehead atoms. The van der Waals surface area contributed by atoms with Gasteiger partial charge in [0.25, 0.3) is 0 Å². The Labute approximate surface area is 110 Å². The monoisotopic (exact) mass is 261 g/mol. The number of aromatic hydroxyl groups is 1. The molecule has 3 nitrogen and oxygen atoms in total. The van der Waals surface area contributed by atoms with Gasteiger partial charge in [-0.15, -0.1) is 11.3 Å². The van der Waals surface area contributed by atoms with Gasteiger partial charge in [0.05, 0.1) is 0 Å². The predicted octanol–water partition coefficient (Wildman–Crippen LogP) is 3.42. The van der Waals surface area contributed by atoms with E-state index in [2.05, 4.69) is 11.4 Å². The molecule has 1 amide bonds. The lowest BCUT2D eigenvalue weighted by molar-refractivity contribution is -0.116. The highest BCUT2D eigenvalue weighted by Crippen LogP contribution is 2.16. The topological polar surface area (TPSA) is 49.3 Å². The van der Waals surface area contributed by atoms with Crippen LogP contribution in [-0.2, 0) is 11.2 Å². The number of carbonyl (C=O) groups is 1. The van der Waals surface area contributed by atoms with E-state index in [1.165, 1.54) is 10.9 Å². The van der Waals surface area contributed by atoms with Crippen LogP contribution in [0.4, 0.5) is 5.69 Å². The average Bonchev–Trinajstić information content (AvgIpc) is 2.82. The van der Waals surface area contributed by atoms with E-state index in [-0.39, 0.29) is 11.7 Å². The lowest BCUT2D eigenvalue weighted by Gasteiger charge is -2.05. The van der Waals surface area contributed by atoms with E-state index in [9.17, 15) is 9.90 Å². The second-order valence-electron chi connectivity index (χ2n) is 4.03. The fraction of sp³-hybridized carbons (Fsp3) is 0.214. The van der Waals surface area contributed by atoms with Crippen molar-refractivity contribution in [1.29, 1.82) is 0 Å². The zero-order valence-corrected chi connectivity index (χ0v) is 10.7. The molecule has 0 fully saturated rings. The number of phenolic OH excluding ortho intramolecular Hbond substituents is 1. The number of hydrogen-bond acceptors (Lipinski definition) is 3. The number of carbonyl (C=O) groups excluding carboxylic acids is 1. The first-order chi connectivity index (χ1) is 8.74. The molecule has 0 aliphatic rings. The molecule has 0 atom stereocenters. The average molecular weight is 261 g/mol. The first-order valence-electron chi connectivity index (χ1n) is 5.85. The summed E-state index contributed by atoms with van der Waals surface area (Å²) >= 11 is 1.72. The Kier molecular flexibility index (Phi) is 4.36. The van der Waals surface area contributed by atoms with Gasteiger partial charge in [0.2, 0.25) is 5.91 Å². The number of rotatable bonds is 5. The molecule has 0 saturated carbocycles. The normalized spacial score (nSPS) is 10.2. The molecular weight excluding hydrogens is 246 g/mol. The van der Waals surface area contributed by atoms with Crippen molar-refractivity contribution in [3.05, 3.63) is 46.7 Å². The Balaban J connectivity index is 1.75. The van der Waals surface area contributed by atoms with E-state index < -0.39 is 0 Å². The minimum absolute atomic E-state index is 0.0165. The minimum atomic E-state index is -0.0165. The lowest BCUT2D eigenvalue weighted by atomic mass is 10.2. The number of phenols is 1. The SMILES string of the molecule is O=C(CCCc1cccs1)Nc1cccc(O)c1. The molecule has 18 heavy (non-hydrogen) atoms. The number of amides is 1. The Bertz CT molecular complexity index is 508. The summed E-state index contributed by atoms with van der Waals surface area (Å²) in [6, 6.07) is 10.7. The molecule has 0 spiro atoms. The maximum atomic E-state index is 11.7. The van der Waals surface area contributed by atoms with Crippen molar-refractivity contribution in [2.45, 2.75) is 19.3 Å². The van der Waals surface area contributed by atoms with Crippen molar-refractivity contribution < 1.29 is 9.90 Å². The van der Waals surface area contributed by atoms with Crippen LogP contribution in [0.3, 0.4) is 0 Å². The summed E-state index contributed by atoms with van der Waals surface area (Å²) in [6.45, 7) is 0. The van der Waals surface area contributed by atoms with Crippen LogP contribution in [0.5, 0.6) is 5.75 Å². The molecule has 0 radical (unpaired) electrons. The number of thiophene rings is 1. The van der Waals surface area contributed by atoms with Crippen molar-refractivity contribution >= 4 is 22.9 Å². The first kappa shape index (κ1) is 12.6. The smallest absolute Gasteiger partial charge is 0.224 e. The van der Waals surface area contributed by atoms with E-state index >= 15 is 0 Å². The van der Waals surface area contributed by atoms with Gasteiger partial charge in [0, 0.05) is 23.1 Å². The van der Waals surface area contributed by atoms with E-state index in [0.29, 0.717) is 12.1 Å². The highest BCUT2D eigenvalue weighted by Gasteiger charge is 2.03. The summed E-state index contributed by atoms with van der Waals surface area (Å²) in [5, 5.41) is 14.1. The van der Waals surface area contributed by atoms with Gasteiger partial charge in [-0.05, 0) is 36.4 Å². The highest BCUT2D eigenvalue weighted by molar-refractivity contribution is 7.09. The van der Waals surface area contributed by atoms with Crippen LogP contribution >= 0.6 is 11.3 Å². The van der Waals surface area contributed by atoms with Gasteiger partial charge in [-0.2, -0.15) is 0 Å². The third-order valence-electron chi connectivity index (χ3n) is 2.54. The summed E-state index contributed by atoms with van der Waals surface area (Å²) < 4.78 is 0. The summed E-state index contributed by atoms with van der Waals surface area (Å²) in [5.41, 5.74) is 0.635. The number of nitrogens with one attached hydrogen (secondary N) is 1. The van der Waals surface area contributed by atoms with Gasteiger partial charge in [-0.3, -0.25) is 4.79 Å². The Hall–Kier alpha value is -1.81. The molecule has 94 valence electrons. The van der Waals surface area contributed by atoms with Crippen molar-refractivity contribution in [3.63, 3.8) is 0 Å². The Morgan fingerprint density at radius 1 is 1.28 bits per heavy atom. The van der Waals surface area contributed by atoms with Gasteiger partial charge in [-0.25, -0.2) is 0 Å². The molecule has 4 heteroatoms. The zero-order valence-electron chi connectivity index (χ0n) is 9.93. The molecular formula is C14H15NO2S. The van der Waals surface area contributed by atoms with Crippen molar-refractivity contribution in [3.8, 4) is 5.75 Å². The molecule has 0 aliphatic heterocycles. The predicted molar refractivity (Wildman–Crippen MR) is 74.0 cm³/mol. The second kappa shape index (κ2) is 6.21. The van der Waals surface area contributed by atoms with Crippen molar-refractivity contribution in [1.82, 2.24) is 0 Å². The van der Waals surface area contributed by atoms with E-state index in [0.717, 1.165) is 12.8 Å². The highest BCUT2D eigenvalue weighted by atomic mass is 32.1. The fourth-order valence-electron chi connectivity index (χ4n) is 1.69. The van der Waals surface area contributed by atoms with Crippen molar-refractivity contribution in [2.75, 3.05) is 5.32 Å². The maximum Gasteiger partial charge on any atom is 0.224 e. The van der Waals surface area contributed by atoms with E-state index in [1.807, 2.05) is 11.4 Å². The number of hydrogen-bond donors (Lipinski definition) is 2. The molecule has 1 aromatic carbocycles. The second-order valence-corrected chi connectivity index (χ2v) is 5.06. The Morgan fingerprint density at radius 3 is 2.89 bits per heavy atom. The van der Waals surface area contributed by atoms with Crippen molar-refractivity contribution in [2.24, 2.45) is 0 Å².